The van der Waals surface area contributed by atoms with Crippen molar-refractivity contribution in [3.63, 3.8) is 0 Å². The standard InChI is InChI=1S/C18H23N3O2S/c1-3-4-17(22)20-14-6-7-16-13(9-14)5-8-18(23)21(16)10-15-11-24-12(2)19-15/h5,8,11,14H,3-4,6-7,9-10H2,1-2H3,(H,20,22). The topological polar surface area (TPSA) is 64.0 Å². The summed E-state index contributed by atoms with van der Waals surface area (Å²) in [7, 11) is 0. The second-order valence-electron chi connectivity index (χ2n) is 6.34. The number of amides is 1. The Hall–Kier alpha value is -1.95. The molecule has 24 heavy (non-hydrogen) atoms. The van der Waals surface area contributed by atoms with Crippen LogP contribution in [0.5, 0.6) is 0 Å². The van der Waals surface area contributed by atoms with E-state index in [1.54, 1.807) is 17.4 Å². The normalized spacial score (nSPS) is 16.7. The average molecular weight is 345 g/mol. The predicted octanol–water partition coefficient (Wildman–Crippen LogP) is 2.44. The molecule has 0 fully saturated rings. The van der Waals surface area contributed by atoms with Gasteiger partial charge < -0.3 is 9.88 Å². The summed E-state index contributed by atoms with van der Waals surface area (Å²) in [4.78, 5) is 28.6. The molecule has 1 N–H and O–H groups in total. The van der Waals surface area contributed by atoms with Gasteiger partial charge in [-0.1, -0.05) is 13.0 Å². The van der Waals surface area contributed by atoms with Crippen molar-refractivity contribution in [3.05, 3.63) is 49.8 Å². The molecule has 5 nitrogen and oxygen atoms in total. The van der Waals surface area contributed by atoms with Gasteiger partial charge in [0.25, 0.3) is 5.56 Å². The Morgan fingerprint density at radius 1 is 1.46 bits per heavy atom. The number of aromatic nitrogens is 2. The highest BCUT2D eigenvalue weighted by Crippen LogP contribution is 2.21. The highest BCUT2D eigenvalue weighted by molar-refractivity contribution is 7.09. The summed E-state index contributed by atoms with van der Waals surface area (Å²) in [6, 6.07) is 3.72. The largest absolute Gasteiger partial charge is 0.353 e. The fourth-order valence-corrected chi connectivity index (χ4v) is 3.89. The molecular weight excluding hydrogens is 322 g/mol. The van der Waals surface area contributed by atoms with Crippen LogP contribution in [0, 0.1) is 6.92 Å². The fraction of sp³-hybridized carbons (Fsp3) is 0.500. The molecule has 0 aliphatic heterocycles. The third-order valence-electron chi connectivity index (χ3n) is 4.41. The van der Waals surface area contributed by atoms with Crippen LogP contribution in [-0.4, -0.2) is 21.5 Å². The molecule has 6 heteroatoms. The number of nitrogens with zero attached hydrogens (tertiary/aromatic N) is 2. The Morgan fingerprint density at radius 2 is 2.29 bits per heavy atom. The van der Waals surface area contributed by atoms with Crippen molar-refractivity contribution in [2.24, 2.45) is 0 Å². The number of aryl methyl sites for hydroxylation is 1. The lowest BCUT2D eigenvalue weighted by atomic mass is 9.91. The first-order valence-corrected chi connectivity index (χ1v) is 9.36. The first-order chi connectivity index (χ1) is 11.6. The van der Waals surface area contributed by atoms with Crippen LogP contribution in [0.1, 0.15) is 48.1 Å². The minimum atomic E-state index is 0.0212. The molecule has 1 aliphatic carbocycles. The molecule has 1 amide bonds. The summed E-state index contributed by atoms with van der Waals surface area (Å²) >= 11 is 1.60. The maximum Gasteiger partial charge on any atom is 0.251 e. The van der Waals surface area contributed by atoms with Gasteiger partial charge in [0.05, 0.1) is 17.2 Å². The van der Waals surface area contributed by atoms with Crippen LogP contribution in [0.15, 0.2) is 22.3 Å². The summed E-state index contributed by atoms with van der Waals surface area (Å²) < 4.78 is 1.84. The number of fused-ring (bicyclic) bond motifs is 1. The second kappa shape index (κ2) is 7.30. The zero-order valence-electron chi connectivity index (χ0n) is 14.2. The summed E-state index contributed by atoms with van der Waals surface area (Å²) in [5, 5.41) is 6.14. The molecule has 0 saturated heterocycles. The quantitative estimate of drug-likeness (QED) is 0.905. The number of hydrogen-bond donors (Lipinski definition) is 1. The van der Waals surface area contributed by atoms with Crippen LogP contribution in [-0.2, 0) is 24.2 Å². The van der Waals surface area contributed by atoms with Crippen molar-refractivity contribution in [2.75, 3.05) is 0 Å². The first kappa shape index (κ1) is 16.9. The van der Waals surface area contributed by atoms with Gasteiger partial charge in [0.15, 0.2) is 0 Å². The summed E-state index contributed by atoms with van der Waals surface area (Å²) in [6.45, 7) is 4.51. The molecule has 0 saturated carbocycles. The monoisotopic (exact) mass is 345 g/mol. The van der Waals surface area contributed by atoms with Crippen LogP contribution in [0.3, 0.4) is 0 Å². The Balaban J connectivity index is 1.79. The molecule has 0 radical (unpaired) electrons. The first-order valence-electron chi connectivity index (χ1n) is 8.48. The van der Waals surface area contributed by atoms with Gasteiger partial charge in [0.2, 0.25) is 5.91 Å². The third kappa shape index (κ3) is 3.75. The Kier molecular flexibility index (Phi) is 5.14. The van der Waals surface area contributed by atoms with E-state index in [4.69, 9.17) is 0 Å². The van der Waals surface area contributed by atoms with Gasteiger partial charge in [-0.15, -0.1) is 11.3 Å². The minimum absolute atomic E-state index is 0.0212. The number of pyridine rings is 1. The Labute approximate surface area is 145 Å². The van der Waals surface area contributed by atoms with E-state index >= 15 is 0 Å². The molecular formula is C18H23N3O2S. The van der Waals surface area contributed by atoms with E-state index in [1.807, 2.05) is 29.9 Å². The fourth-order valence-electron chi connectivity index (χ4n) is 3.29. The molecule has 2 aromatic heterocycles. The van der Waals surface area contributed by atoms with Crippen LogP contribution in [0.4, 0.5) is 0 Å². The number of nitrogens with one attached hydrogen (secondary N) is 1. The van der Waals surface area contributed by atoms with Crippen molar-refractivity contribution in [2.45, 2.75) is 58.5 Å². The molecule has 1 unspecified atom stereocenters. The van der Waals surface area contributed by atoms with E-state index in [-0.39, 0.29) is 17.5 Å². The maximum atomic E-state index is 12.3. The maximum absolute atomic E-state index is 12.3. The van der Waals surface area contributed by atoms with E-state index in [9.17, 15) is 9.59 Å². The molecule has 0 aromatic carbocycles. The number of carbonyl (C=O) groups excluding carboxylic acids is 1. The molecule has 2 heterocycles. The van der Waals surface area contributed by atoms with E-state index in [2.05, 4.69) is 10.3 Å². The smallest absolute Gasteiger partial charge is 0.251 e. The summed E-state index contributed by atoms with van der Waals surface area (Å²) in [5.74, 6) is 0.122. The molecule has 0 bridgehead atoms. The lowest BCUT2D eigenvalue weighted by Crippen LogP contribution is -2.40. The molecule has 128 valence electrons. The van der Waals surface area contributed by atoms with E-state index < -0.39 is 0 Å². The highest BCUT2D eigenvalue weighted by atomic mass is 32.1. The van der Waals surface area contributed by atoms with Crippen LogP contribution in [0.25, 0.3) is 0 Å². The highest BCUT2D eigenvalue weighted by Gasteiger charge is 2.23. The zero-order chi connectivity index (χ0) is 17.1. The minimum Gasteiger partial charge on any atom is -0.353 e. The lowest BCUT2D eigenvalue weighted by Gasteiger charge is -2.27. The second-order valence-corrected chi connectivity index (χ2v) is 7.41. The SMILES string of the molecule is CCCC(=O)NC1CCc2c(ccc(=O)n2Cc2csc(C)n2)C1. The summed E-state index contributed by atoms with van der Waals surface area (Å²) in [5.41, 5.74) is 3.21. The van der Waals surface area contributed by atoms with E-state index in [0.29, 0.717) is 13.0 Å². The van der Waals surface area contributed by atoms with Gasteiger partial charge in [-0.3, -0.25) is 9.59 Å². The summed E-state index contributed by atoms with van der Waals surface area (Å²) in [6.07, 6.45) is 3.92. The molecule has 1 aliphatic rings. The van der Waals surface area contributed by atoms with Crippen molar-refractivity contribution < 1.29 is 4.79 Å². The van der Waals surface area contributed by atoms with Gasteiger partial charge in [0, 0.05) is 29.6 Å². The molecule has 1 atom stereocenters. The van der Waals surface area contributed by atoms with Crippen molar-refractivity contribution in [1.29, 1.82) is 0 Å². The number of carbonyl (C=O) groups is 1. The van der Waals surface area contributed by atoms with Gasteiger partial charge in [-0.2, -0.15) is 0 Å². The Bertz CT molecular complexity index is 794. The zero-order valence-corrected chi connectivity index (χ0v) is 15.0. The van der Waals surface area contributed by atoms with Gasteiger partial charge in [-0.05, 0) is 38.2 Å². The molecule has 0 spiro atoms. The van der Waals surface area contributed by atoms with Crippen molar-refractivity contribution >= 4 is 17.2 Å². The third-order valence-corrected chi connectivity index (χ3v) is 5.24. The van der Waals surface area contributed by atoms with Gasteiger partial charge >= 0.3 is 0 Å². The van der Waals surface area contributed by atoms with E-state index in [1.165, 1.54) is 0 Å². The van der Waals surface area contributed by atoms with Gasteiger partial charge in [-0.25, -0.2) is 4.98 Å². The predicted molar refractivity (Wildman–Crippen MR) is 95.5 cm³/mol. The number of thiazole rings is 1. The lowest BCUT2D eigenvalue weighted by molar-refractivity contribution is -0.121. The van der Waals surface area contributed by atoms with Crippen molar-refractivity contribution in [1.82, 2.24) is 14.9 Å². The van der Waals surface area contributed by atoms with Gasteiger partial charge in [0.1, 0.15) is 0 Å². The molecule has 2 aromatic rings. The molecule has 3 rings (SSSR count). The number of hydrogen-bond acceptors (Lipinski definition) is 4. The van der Waals surface area contributed by atoms with Crippen LogP contribution < -0.4 is 10.9 Å². The number of rotatable bonds is 5. The van der Waals surface area contributed by atoms with Crippen LogP contribution in [0.2, 0.25) is 0 Å². The average Bonchev–Trinajstić information content (AvgIpc) is 2.95. The van der Waals surface area contributed by atoms with Crippen molar-refractivity contribution in [3.8, 4) is 0 Å². The van der Waals surface area contributed by atoms with Crippen LogP contribution >= 0.6 is 11.3 Å². The van der Waals surface area contributed by atoms with E-state index in [0.717, 1.165) is 47.6 Å². The Morgan fingerprint density at radius 3 is 3.00 bits per heavy atom.